The van der Waals surface area contributed by atoms with Gasteiger partial charge in [0.15, 0.2) is 0 Å². The largest absolute Gasteiger partial charge is 0.337 e. The molecule has 6 nitrogen and oxygen atoms in total. The molecule has 1 atom stereocenters. The highest BCUT2D eigenvalue weighted by Gasteiger charge is 2.29. The molecule has 0 aromatic carbocycles. The molecule has 0 bridgehead atoms. The maximum Gasteiger partial charge on any atom is 0.272 e. The molecular formula is C15H19F2N5O. The van der Waals surface area contributed by atoms with Gasteiger partial charge in [0.05, 0.1) is 6.20 Å². The van der Waals surface area contributed by atoms with E-state index in [0.29, 0.717) is 19.0 Å². The molecule has 23 heavy (non-hydrogen) atoms. The lowest BCUT2D eigenvalue weighted by molar-refractivity contribution is 0.0761. The first-order valence-electron chi connectivity index (χ1n) is 7.59. The Morgan fingerprint density at radius 3 is 2.96 bits per heavy atom. The Hall–Kier alpha value is -2.25. The Labute approximate surface area is 132 Å². The lowest BCUT2D eigenvalue weighted by Gasteiger charge is -2.17. The van der Waals surface area contributed by atoms with Crippen molar-refractivity contribution >= 4 is 5.91 Å². The van der Waals surface area contributed by atoms with Gasteiger partial charge in [0.2, 0.25) is 0 Å². The van der Waals surface area contributed by atoms with Crippen molar-refractivity contribution in [2.75, 3.05) is 13.1 Å². The fourth-order valence-electron chi connectivity index (χ4n) is 3.05. The highest BCUT2D eigenvalue weighted by molar-refractivity contribution is 5.92. The fourth-order valence-corrected chi connectivity index (χ4v) is 3.05. The molecule has 1 aliphatic heterocycles. The van der Waals surface area contributed by atoms with Crippen molar-refractivity contribution in [3.63, 3.8) is 0 Å². The monoisotopic (exact) mass is 323 g/mol. The molecule has 1 unspecified atom stereocenters. The number of rotatable bonds is 5. The standard InChI is InChI=1S/C15H19F2N5O/c1-20-8-12(7-19-20)6-11-3-5-21(9-11)15(23)13-2-4-18-22(13)10-14(16)17/h2,4,7-8,11,14H,3,5-6,9-10H2,1H3. The molecule has 0 radical (unpaired) electrons. The molecular weight excluding hydrogens is 304 g/mol. The molecule has 3 heterocycles. The summed E-state index contributed by atoms with van der Waals surface area (Å²) in [6.45, 7) is 0.720. The third-order valence-corrected chi connectivity index (χ3v) is 4.10. The first kappa shape index (κ1) is 15.6. The molecule has 0 saturated carbocycles. The van der Waals surface area contributed by atoms with Crippen LogP contribution in [0.4, 0.5) is 8.78 Å². The van der Waals surface area contributed by atoms with E-state index < -0.39 is 13.0 Å². The summed E-state index contributed by atoms with van der Waals surface area (Å²) in [5.74, 6) is 0.145. The summed E-state index contributed by atoms with van der Waals surface area (Å²) in [7, 11) is 1.87. The third-order valence-electron chi connectivity index (χ3n) is 4.10. The Balaban J connectivity index is 1.62. The van der Waals surface area contributed by atoms with Crippen LogP contribution in [0.5, 0.6) is 0 Å². The fraction of sp³-hybridized carbons (Fsp3) is 0.533. The van der Waals surface area contributed by atoms with Gasteiger partial charge in [-0.3, -0.25) is 14.2 Å². The molecule has 0 aliphatic carbocycles. The summed E-state index contributed by atoms with van der Waals surface area (Å²) in [4.78, 5) is 14.2. The van der Waals surface area contributed by atoms with Crippen LogP contribution in [0.2, 0.25) is 0 Å². The first-order chi connectivity index (χ1) is 11.0. The van der Waals surface area contributed by atoms with Crippen LogP contribution < -0.4 is 0 Å². The number of aromatic nitrogens is 4. The van der Waals surface area contributed by atoms with E-state index in [-0.39, 0.29) is 11.6 Å². The quantitative estimate of drug-likeness (QED) is 0.839. The summed E-state index contributed by atoms with van der Waals surface area (Å²) < 4.78 is 27.9. The van der Waals surface area contributed by atoms with E-state index in [9.17, 15) is 13.6 Å². The first-order valence-corrected chi connectivity index (χ1v) is 7.59. The molecule has 2 aromatic rings. The van der Waals surface area contributed by atoms with Crippen molar-refractivity contribution in [3.8, 4) is 0 Å². The molecule has 0 spiro atoms. The molecule has 0 N–H and O–H groups in total. The van der Waals surface area contributed by atoms with Gasteiger partial charge < -0.3 is 4.90 Å². The molecule has 8 heteroatoms. The highest BCUT2D eigenvalue weighted by Crippen LogP contribution is 2.22. The normalized spacial score (nSPS) is 18.1. The van der Waals surface area contributed by atoms with Gasteiger partial charge in [-0.25, -0.2) is 8.78 Å². The average Bonchev–Trinajstić information content (AvgIpc) is 3.20. The number of halogens is 2. The van der Waals surface area contributed by atoms with E-state index in [1.165, 1.54) is 12.3 Å². The van der Waals surface area contributed by atoms with Crippen molar-refractivity contribution in [1.29, 1.82) is 0 Å². The average molecular weight is 323 g/mol. The van der Waals surface area contributed by atoms with Gasteiger partial charge in [0, 0.05) is 32.5 Å². The highest BCUT2D eigenvalue weighted by atomic mass is 19.3. The Bertz CT molecular complexity index is 681. The number of aryl methyl sites for hydroxylation is 1. The number of alkyl halides is 2. The minimum absolute atomic E-state index is 0.225. The number of likely N-dealkylation sites (tertiary alicyclic amines) is 1. The van der Waals surface area contributed by atoms with Crippen LogP contribution in [0.1, 0.15) is 22.5 Å². The second-order valence-electron chi connectivity index (χ2n) is 5.92. The van der Waals surface area contributed by atoms with Crippen LogP contribution in [-0.2, 0) is 20.0 Å². The van der Waals surface area contributed by atoms with Gasteiger partial charge in [-0.2, -0.15) is 10.2 Å². The minimum atomic E-state index is -2.53. The van der Waals surface area contributed by atoms with Gasteiger partial charge in [0.25, 0.3) is 12.3 Å². The zero-order valence-corrected chi connectivity index (χ0v) is 12.9. The molecule has 1 amide bonds. The van der Waals surface area contributed by atoms with Crippen LogP contribution >= 0.6 is 0 Å². The second-order valence-corrected chi connectivity index (χ2v) is 5.92. The van der Waals surface area contributed by atoms with Crippen LogP contribution in [0.25, 0.3) is 0 Å². The predicted molar refractivity (Wildman–Crippen MR) is 79.2 cm³/mol. The second kappa shape index (κ2) is 6.47. The minimum Gasteiger partial charge on any atom is -0.337 e. The van der Waals surface area contributed by atoms with Gasteiger partial charge in [-0.05, 0) is 30.4 Å². The predicted octanol–water partition coefficient (Wildman–Crippen LogP) is 1.59. The number of hydrogen-bond acceptors (Lipinski definition) is 3. The van der Waals surface area contributed by atoms with Crippen LogP contribution in [0.3, 0.4) is 0 Å². The SMILES string of the molecule is Cn1cc(CC2CCN(C(=O)c3ccnn3CC(F)F)C2)cn1. The van der Waals surface area contributed by atoms with E-state index in [2.05, 4.69) is 10.2 Å². The van der Waals surface area contributed by atoms with Crippen molar-refractivity contribution in [2.24, 2.45) is 13.0 Å². The van der Waals surface area contributed by atoms with Gasteiger partial charge in [-0.15, -0.1) is 0 Å². The maximum atomic E-state index is 12.5. The topological polar surface area (TPSA) is 56.0 Å². The maximum absolute atomic E-state index is 12.5. The Morgan fingerprint density at radius 1 is 1.43 bits per heavy atom. The summed E-state index contributed by atoms with van der Waals surface area (Å²) in [5, 5.41) is 7.96. The van der Waals surface area contributed by atoms with Gasteiger partial charge in [0.1, 0.15) is 12.2 Å². The van der Waals surface area contributed by atoms with Crippen molar-refractivity contribution in [1.82, 2.24) is 24.5 Å². The van der Waals surface area contributed by atoms with Crippen molar-refractivity contribution in [2.45, 2.75) is 25.8 Å². The summed E-state index contributed by atoms with van der Waals surface area (Å²) in [6.07, 6.45) is 4.44. The molecule has 2 aromatic heterocycles. The molecule has 1 saturated heterocycles. The number of hydrogen-bond donors (Lipinski definition) is 0. The molecule has 3 rings (SSSR count). The lowest BCUT2D eigenvalue weighted by Crippen LogP contribution is -2.31. The number of nitrogens with zero attached hydrogens (tertiary/aromatic N) is 5. The van der Waals surface area contributed by atoms with Gasteiger partial charge >= 0.3 is 0 Å². The third kappa shape index (κ3) is 3.57. The Morgan fingerprint density at radius 2 is 2.26 bits per heavy atom. The van der Waals surface area contributed by atoms with E-state index in [4.69, 9.17) is 0 Å². The van der Waals surface area contributed by atoms with Crippen molar-refractivity contribution < 1.29 is 13.6 Å². The van der Waals surface area contributed by atoms with E-state index in [1.807, 2.05) is 19.4 Å². The number of carbonyl (C=O) groups excluding carboxylic acids is 1. The van der Waals surface area contributed by atoms with E-state index >= 15 is 0 Å². The lowest BCUT2D eigenvalue weighted by atomic mass is 10.0. The number of carbonyl (C=O) groups is 1. The van der Waals surface area contributed by atoms with Crippen molar-refractivity contribution in [3.05, 3.63) is 35.9 Å². The van der Waals surface area contributed by atoms with Gasteiger partial charge in [-0.1, -0.05) is 0 Å². The Kier molecular flexibility index (Phi) is 4.40. The van der Waals surface area contributed by atoms with E-state index in [1.54, 1.807) is 9.58 Å². The smallest absolute Gasteiger partial charge is 0.272 e. The molecule has 1 fully saturated rings. The number of amides is 1. The molecule has 1 aliphatic rings. The van der Waals surface area contributed by atoms with Crippen LogP contribution in [0.15, 0.2) is 24.7 Å². The van der Waals surface area contributed by atoms with E-state index in [0.717, 1.165) is 23.1 Å². The summed E-state index contributed by atoms with van der Waals surface area (Å²) >= 11 is 0. The van der Waals surface area contributed by atoms with Crippen LogP contribution in [-0.4, -0.2) is 49.9 Å². The zero-order valence-electron chi connectivity index (χ0n) is 12.9. The zero-order chi connectivity index (χ0) is 16.4. The molecule has 124 valence electrons. The summed E-state index contributed by atoms with van der Waals surface area (Å²) in [6, 6.07) is 1.50. The summed E-state index contributed by atoms with van der Waals surface area (Å²) in [5.41, 5.74) is 1.38. The van der Waals surface area contributed by atoms with Crippen LogP contribution in [0, 0.1) is 5.92 Å².